The molecule has 0 atom stereocenters. The first kappa shape index (κ1) is 21.3. The van der Waals surface area contributed by atoms with E-state index in [2.05, 4.69) is 47.9 Å². The average molecular weight is 477 g/mol. The summed E-state index contributed by atoms with van der Waals surface area (Å²) in [5.74, 6) is 1.66. The zero-order valence-corrected chi connectivity index (χ0v) is 19.0. The summed E-state index contributed by atoms with van der Waals surface area (Å²) in [7, 11) is 1.68. The molecule has 6 nitrogen and oxygen atoms in total. The highest BCUT2D eigenvalue weighted by atomic mass is 79.9. The Kier molecular flexibility index (Phi) is 6.92. The van der Waals surface area contributed by atoms with Crippen LogP contribution >= 0.6 is 27.5 Å². The molecule has 0 fully saturated rings. The Hall–Kier alpha value is -2.38. The van der Waals surface area contributed by atoms with E-state index in [1.54, 1.807) is 13.2 Å². The second kappa shape index (κ2) is 9.41. The first-order valence-electron chi connectivity index (χ1n) is 9.16. The number of benzene rings is 1. The third-order valence-corrected chi connectivity index (χ3v) is 5.36. The molecule has 152 valence electrons. The van der Waals surface area contributed by atoms with Gasteiger partial charge in [0.05, 0.1) is 19.3 Å². The smallest absolute Gasteiger partial charge is 0.223 e. The number of nitrogens with two attached hydrogens (primary N) is 1. The van der Waals surface area contributed by atoms with Gasteiger partial charge in [-0.25, -0.2) is 4.98 Å². The van der Waals surface area contributed by atoms with Crippen LogP contribution in [-0.4, -0.2) is 28.6 Å². The third-order valence-electron chi connectivity index (χ3n) is 4.67. The number of hydrogen-bond donors (Lipinski definition) is 1. The standard InChI is InChI=1S/C21H23BrClN5O/c1-13-11-25-17(14(2)20(13)29-3)12-28(19-10-18(23)26-21(24)27-19)8-7-15-5-4-6-16(22)9-15/h4-6,9-11H,7-8,12H2,1-3H3,(H2,24,26,27). The van der Waals surface area contributed by atoms with Crippen molar-refractivity contribution in [2.24, 2.45) is 0 Å². The van der Waals surface area contributed by atoms with Gasteiger partial charge in [0.1, 0.15) is 16.7 Å². The normalized spacial score (nSPS) is 10.8. The topological polar surface area (TPSA) is 77.2 Å². The van der Waals surface area contributed by atoms with Gasteiger partial charge in [0.2, 0.25) is 5.95 Å². The van der Waals surface area contributed by atoms with Crippen LogP contribution in [0, 0.1) is 13.8 Å². The number of aromatic nitrogens is 3. The summed E-state index contributed by atoms with van der Waals surface area (Å²) in [6.07, 6.45) is 2.65. The van der Waals surface area contributed by atoms with Crippen molar-refractivity contribution in [1.29, 1.82) is 0 Å². The van der Waals surface area contributed by atoms with Crippen LogP contribution in [0.3, 0.4) is 0 Å². The Balaban J connectivity index is 1.92. The predicted molar refractivity (Wildman–Crippen MR) is 121 cm³/mol. The lowest BCUT2D eigenvalue weighted by atomic mass is 10.1. The molecular formula is C21H23BrClN5O. The fourth-order valence-electron chi connectivity index (χ4n) is 3.23. The molecule has 0 saturated heterocycles. The molecule has 2 aromatic heterocycles. The largest absolute Gasteiger partial charge is 0.496 e. The zero-order chi connectivity index (χ0) is 21.0. The Morgan fingerprint density at radius 2 is 2.00 bits per heavy atom. The number of anilines is 2. The number of pyridine rings is 1. The van der Waals surface area contributed by atoms with Crippen LogP contribution in [0.5, 0.6) is 5.75 Å². The van der Waals surface area contributed by atoms with Gasteiger partial charge in [-0.2, -0.15) is 4.98 Å². The van der Waals surface area contributed by atoms with Crippen molar-refractivity contribution in [1.82, 2.24) is 15.0 Å². The number of aryl methyl sites for hydroxylation is 1. The number of nitrogens with zero attached hydrogens (tertiary/aromatic N) is 4. The fraction of sp³-hybridized carbons (Fsp3) is 0.286. The van der Waals surface area contributed by atoms with E-state index in [-0.39, 0.29) is 5.95 Å². The molecular weight excluding hydrogens is 454 g/mol. The molecule has 0 radical (unpaired) electrons. The first-order chi connectivity index (χ1) is 13.9. The SMILES string of the molecule is COc1c(C)cnc(CN(CCc2cccc(Br)c2)c2cc(Cl)nc(N)n2)c1C. The van der Waals surface area contributed by atoms with Crippen LogP contribution in [0.15, 0.2) is 41.0 Å². The number of nitrogen functional groups attached to an aromatic ring is 1. The zero-order valence-electron chi connectivity index (χ0n) is 16.6. The van der Waals surface area contributed by atoms with Crippen molar-refractivity contribution >= 4 is 39.3 Å². The predicted octanol–water partition coefficient (Wildman–Crippen LogP) is 4.74. The molecule has 0 amide bonds. The minimum Gasteiger partial charge on any atom is -0.496 e. The molecule has 29 heavy (non-hydrogen) atoms. The number of halogens is 2. The van der Waals surface area contributed by atoms with Crippen LogP contribution in [0.25, 0.3) is 0 Å². The maximum Gasteiger partial charge on any atom is 0.223 e. The van der Waals surface area contributed by atoms with Gasteiger partial charge < -0.3 is 15.4 Å². The van der Waals surface area contributed by atoms with Crippen molar-refractivity contribution in [2.45, 2.75) is 26.8 Å². The van der Waals surface area contributed by atoms with Crippen molar-refractivity contribution in [2.75, 3.05) is 24.3 Å². The third kappa shape index (κ3) is 5.36. The monoisotopic (exact) mass is 475 g/mol. The molecule has 0 spiro atoms. The van der Waals surface area contributed by atoms with E-state index >= 15 is 0 Å². The highest BCUT2D eigenvalue weighted by Crippen LogP contribution is 2.27. The summed E-state index contributed by atoms with van der Waals surface area (Å²) in [6, 6.07) is 9.97. The van der Waals surface area contributed by atoms with Gasteiger partial charge in [-0.05, 0) is 38.0 Å². The summed E-state index contributed by atoms with van der Waals surface area (Å²) in [4.78, 5) is 15.1. The van der Waals surface area contributed by atoms with Gasteiger partial charge >= 0.3 is 0 Å². The lowest BCUT2D eigenvalue weighted by molar-refractivity contribution is 0.406. The molecule has 0 bridgehead atoms. The molecule has 0 aliphatic heterocycles. The Morgan fingerprint density at radius 1 is 1.21 bits per heavy atom. The molecule has 3 rings (SSSR count). The molecule has 0 aliphatic carbocycles. The highest BCUT2D eigenvalue weighted by molar-refractivity contribution is 9.10. The van der Waals surface area contributed by atoms with Crippen LogP contribution in [0.4, 0.5) is 11.8 Å². The van der Waals surface area contributed by atoms with Crippen molar-refractivity contribution in [3.05, 3.63) is 68.5 Å². The molecule has 2 heterocycles. The Bertz CT molecular complexity index is 994. The molecule has 8 heteroatoms. The van der Waals surface area contributed by atoms with E-state index in [9.17, 15) is 0 Å². The quantitative estimate of drug-likeness (QED) is 0.496. The van der Waals surface area contributed by atoms with E-state index in [1.165, 1.54) is 5.56 Å². The maximum absolute atomic E-state index is 6.14. The summed E-state index contributed by atoms with van der Waals surface area (Å²) in [5, 5.41) is 0.311. The van der Waals surface area contributed by atoms with Crippen LogP contribution in [-0.2, 0) is 13.0 Å². The molecule has 3 aromatic rings. The Morgan fingerprint density at radius 3 is 2.69 bits per heavy atom. The van der Waals surface area contributed by atoms with Crippen molar-refractivity contribution < 1.29 is 4.74 Å². The average Bonchev–Trinajstić information content (AvgIpc) is 2.66. The van der Waals surface area contributed by atoms with E-state index in [1.807, 2.05) is 32.2 Å². The first-order valence-corrected chi connectivity index (χ1v) is 10.3. The number of methoxy groups -OCH3 is 1. The molecule has 0 aliphatic rings. The van der Waals surface area contributed by atoms with Gasteiger partial charge in [0, 0.05) is 34.4 Å². The second-order valence-electron chi connectivity index (χ2n) is 6.75. The second-order valence-corrected chi connectivity index (χ2v) is 8.06. The Labute approximate surface area is 184 Å². The lowest BCUT2D eigenvalue weighted by Crippen LogP contribution is -2.27. The number of ether oxygens (including phenoxy) is 1. The molecule has 0 saturated carbocycles. The van der Waals surface area contributed by atoms with E-state index in [4.69, 9.17) is 22.1 Å². The minimum atomic E-state index is 0.145. The van der Waals surface area contributed by atoms with Gasteiger partial charge in [0.25, 0.3) is 0 Å². The molecule has 1 aromatic carbocycles. The van der Waals surface area contributed by atoms with E-state index in [0.717, 1.165) is 33.5 Å². The molecule has 0 unspecified atom stereocenters. The van der Waals surface area contributed by atoms with Crippen molar-refractivity contribution in [3.63, 3.8) is 0 Å². The minimum absolute atomic E-state index is 0.145. The highest BCUT2D eigenvalue weighted by Gasteiger charge is 2.16. The molecule has 2 N–H and O–H groups in total. The van der Waals surface area contributed by atoms with Gasteiger partial charge in [-0.1, -0.05) is 39.7 Å². The lowest BCUT2D eigenvalue weighted by Gasteiger charge is -2.25. The van der Waals surface area contributed by atoms with Crippen LogP contribution < -0.4 is 15.4 Å². The maximum atomic E-state index is 6.14. The fourth-order valence-corrected chi connectivity index (χ4v) is 3.86. The summed E-state index contributed by atoms with van der Waals surface area (Å²) < 4.78 is 6.61. The number of hydrogen-bond acceptors (Lipinski definition) is 6. The van der Waals surface area contributed by atoms with E-state index in [0.29, 0.717) is 24.1 Å². The summed E-state index contributed by atoms with van der Waals surface area (Å²) in [6.45, 7) is 5.25. The van der Waals surface area contributed by atoms with Gasteiger partial charge in [0.15, 0.2) is 0 Å². The summed E-state index contributed by atoms with van der Waals surface area (Å²) in [5.41, 5.74) is 9.97. The summed E-state index contributed by atoms with van der Waals surface area (Å²) >= 11 is 9.66. The van der Waals surface area contributed by atoms with Crippen LogP contribution in [0.2, 0.25) is 5.15 Å². The van der Waals surface area contributed by atoms with E-state index < -0.39 is 0 Å². The van der Waals surface area contributed by atoms with Gasteiger partial charge in [-0.3, -0.25) is 4.98 Å². The van der Waals surface area contributed by atoms with Crippen molar-refractivity contribution in [3.8, 4) is 5.75 Å². The van der Waals surface area contributed by atoms with Gasteiger partial charge in [-0.15, -0.1) is 0 Å². The number of rotatable bonds is 7. The van der Waals surface area contributed by atoms with Crippen LogP contribution in [0.1, 0.15) is 22.4 Å².